The molecule has 162 valence electrons. The number of amides is 1. The monoisotopic (exact) mass is 427 g/mol. The standard InChI is InChI=1S/C26H25N3O3/c1-3-31-24-16-15-20(17-25(24)32-4-2)27-26(30)23-18-22(19-11-7-5-8-12-19)28-29(23)21-13-9-6-10-14-21/h5-18H,3-4H2,1-2H3,(H,27,30). The summed E-state index contributed by atoms with van der Waals surface area (Å²) in [7, 11) is 0. The molecule has 1 amide bonds. The molecule has 0 aliphatic heterocycles. The molecule has 0 saturated heterocycles. The molecule has 0 fully saturated rings. The molecule has 4 rings (SSSR count). The molecule has 1 aromatic heterocycles. The summed E-state index contributed by atoms with van der Waals surface area (Å²) in [6, 6.07) is 26.6. The predicted octanol–water partition coefficient (Wildman–Crippen LogP) is 5.59. The summed E-state index contributed by atoms with van der Waals surface area (Å²) in [4.78, 5) is 13.3. The third-order valence-electron chi connectivity index (χ3n) is 4.81. The van der Waals surface area contributed by atoms with Gasteiger partial charge in [-0.05, 0) is 44.2 Å². The van der Waals surface area contributed by atoms with Crippen LogP contribution in [0.1, 0.15) is 24.3 Å². The van der Waals surface area contributed by atoms with Crippen molar-refractivity contribution in [1.82, 2.24) is 9.78 Å². The number of hydrogen-bond acceptors (Lipinski definition) is 4. The Hall–Kier alpha value is -4.06. The van der Waals surface area contributed by atoms with Crippen LogP contribution in [0.3, 0.4) is 0 Å². The Morgan fingerprint density at radius 1 is 0.844 bits per heavy atom. The smallest absolute Gasteiger partial charge is 0.274 e. The summed E-state index contributed by atoms with van der Waals surface area (Å²) < 4.78 is 13.0. The van der Waals surface area contributed by atoms with E-state index < -0.39 is 0 Å². The Bertz CT molecular complexity index is 1190. The van der Waals surface area contributed by atoms with Crippen LogP contribution in [0.25, 0.3) is 16.9 Å². The molecule has 32 heavy (non-hydrogen) atoms. The van der Waals surface area contributed by atoms with Crippen molar-refractivity contribution in [2.45, 2.75) is 13.8 Å². The zero-order valence-electron chi connectivity index (χ0n) is 18.1. The summed E-state index contributed by atoms with van der Waals surface area (Å²) in [6.07, 6.45) is 0. The van der Waals surface area contributed by atoms with Crippen molar-refractivity contribution < 1.29 is 14.3 Å². The third-order valence-corrected chi connectivity index (χ3v) is 4.81. The van der Waals surface area contributed by atoms with Gasteiger partial charge in [-0.2, -0.15) is 5.10 Å². The minimum absolute atomic E-state index is 0.268. The largest absolute Gasteiger partial charge is 0.490 e. The molecular weight excluding hydrogens is 402 g/mol. The number of nitrogens with zero attached hydrogens (tertiary/aromatic N) is 2. The van der Waals surface area contributed by atoms with Crippen molar-refractivity contribution in [2.75, 3.05) is 18.5 Å². The number of rotatable bonds is 8. The normalized spacial score (nSPS) is 10.6. The summed E-state index contributed by atoms with van der Waals surface area (Å²) in [5.74, 6) is 0.969. The lowest BCUT2D eigenvalue weighted by molar-refractivity contribution is 0.101. The van der Waals surface area contributed by atoms with Crippen LogP contribution in [0.4, 0.5) is 5.69 Å². The van der Waals surface area contributed by atoms with Gasteiger partial charge >= 0.3 is 0 Å². The second-order valence-electron chi connectivity index (χ2n) is 7.01. The number of para-hydroxylation sites is 1. The number of anilines is 1. The minimum atomic E-state index is -0.268. The van der Waals surface area contributed by atoms with Crippen LogP contribution in [-0.2, 0) is 0 Å². The number of ether oxygens (including phenoxy) is 2. The van der Waals surface area contributed by atoms with Crippen molar-refractivity contribution >= 4 is 11.6 Å². The third kappa shape index (κ3) is 4.64. The average molecular weight is 428 g/mol. The van der Waals surface area contributed by atoms with Gasteiger partial charge in [-0.3, -0.25) is 4.79 Å². The van der Waals surface area contributed by atoms with Gasteiger partial charge in [0.1, 0.15) is 5.69 Å². The van der Waals surface area contributed by atoms with Gasteiger partial charge in [0, 0.05) is 17.3 Å². The van der Waals surface area contributed by atoms with Crippen molar-refractivity contribution in [3.05, 3.63) is 90.6 Å². The first-order valence-electron chi connectivity index (χ1n) is 10.6. The molecule has 0 aliphatic rings. The number of carbonyl (C=O) groups is 1. The maximum atomic E-state index is 13.3. The van der Waals surface area contributed by atoms with Gasteiger partial charge in [-0.15, -0.1) is 0 Å². The Kier molecular flexibility index (Phi) is 6.51. The molecule has 0 radical (unpaired) electrons. The van der Waals surface area contributed by atoms with Gasteiger partial charge in [0.15, 0.2) is 11.5 Å². The van der Waals surface area contributed by atoms with Crippen LogP contribution in [0.15, 0.2) is 84.9 Å². The van der Waals surface area contributed by atoms with E-state index >= 15 is 0 Å². The second kappa shape index (κ2) is 9.83. The number of benzene rings is 3. The van der Waals surface area contributed by atoms with Crippen LogP contribution in [0.5, 0.6) is 11.5 Å². The minimum Gasteiger partial charge on any atom is -0.490 e. The fourth-order valence-corrected chi connectivity index (χ4v) is 3.38. The van der Waals surface area contributed by atoms with Crippen molar-refractivity contribution in [2.24, 2.45) is 0 Å². The maximum Gasteiger partial charge on any atom is 0.274 e. The number of carbonyl (C=O) groups excluding carboxylic acids is 1. The van der Waals surface area contributed by atoms with Gasteiger partial charge < -0.3 is 14.8 Å². The van der Waals surface area contributed by atoms with E-state index in [1.807, 2.05) is 74.5 Å². The first-order chi connectivity index (χ1) is 15.7. The highest BCUT2D eigenvalue weighted by Crippen LogP contribution is 2.31. The van der Waals surface area contributed by atoms with Gasteiger partial charge in [-0.1, -0.05) is 48.5 Å². The average Bonchev–Trinajstić information content (AvgIpc) is 3.28. The van der Waals surface area contributed by atoms with E-state index in [1.165, 1.54) is 0 Å². The first-order valence-corrected chi connectivity index (χ1v) is 10.6. The van der Waals surface area contributed by atoms with Gasteiger partial charge in [0.25, 0.3) is 5.91 Å². The molecule has 6 heteroatoms. The van der Waals surface area contributed by atoms with E-state index in [2.05, 4.69) is 5.32 Å². The van der Waals surface area contributed by atoms with E-state index in [4.69, 9.17) is 14.6 Å². The topological polar surface area (TPSA) is 65.4 Å². The number of nitrogens with one attached hydrogen (secondary N) is 1. The molecule has 1 N–H and O–H groups in total. The van der Waals surface area contributed by atoms with Crippen LogP contribution in [0, 0.1) is 0 Å². The Morgan fingerprint density at radius 2 is 1.50 bits per heavy atom. The fraction of sp³-hybridized carbons (Fsp3) is 0.154. The molecule has 1 heterocycles. The maximum absolute atomic E-state index is 13.3. The van der Waals surface area contributed by atoms with E-state index in [1.54, 1.807) is 28.9 Å². The quantitative estimate of drug-likeness (QED) is 0.398. The summed E-state index contributed by atoms with van der Waals surface area (Å²) >= 11 is 0. The zero-order valence-corrected chi connectivity index (χ0v) is 18.1. The van der Waals surface area contributed by atoms with Gasteiger partial charge in [0.05, 0.1) is 24.6 Å². The molecule has 0 spiro atoms. The van der Waals surface area contributed by atoms with E-state index in [9.17, 15) is 4.79 Å². The molecule has 4 aromatic rings. The van der Waals surface area contributed by atoms with Crippen molar-refractivity contribution in [3.63, 3.8) is 0 Å². The lowest BCUT2D eigenvalue weighted by Crippen LogP contribution is -2.17. The highest BCUT2D eigenvalue weighted by atomic mass is 16.5. The molecule has 6 nitrogen and oxygen atoms in total. The van der Waals surface area contributed by atoms with Gasteiger partial charge in [0.2, 0.25) is 0 Å². The SMILES string of the molecule is CCOc1ccc(NC(=O)c2cc(-c3ccccc3)nn2-c2ccccc2)cc1OCC. The van der Waals surface area contributed by atoms with E-state index in [-0.39, 0.29) is 5.91 Å². The van der Waals surface area contributed by atoms with Crippen LogP contribution in [-0.4, -0.2) is 28.9 Å². The summed E-state index contributed by atoms with van der Waals surface area (Å²) in [5.41, 5.74) is 3.52. The highest BCUT2D eigenvalue weighted by molar-refractivity contribution is 6.04. The van der Waals surface area contributed by atoms with E-state index in [0.29, 0.717) is 36.1 Å². The highest BCUT2D eigenvalue weighted by Gasteiger charge is 2.18. The second-order valence-corrected chi connectivity index (χ2v) is 7.01. The fourth-order valence-electron chi connectivity index (χ4n) is 3.38. The Morgan fingerprint density at radius 3 is 2.19 bits per heavy atom. The number of aromatic nitrogens is 2. The Labute approximate surface area is 187 Å². The molecular formula is C26H25N3O3. The lowest BCUT2D eigenvalue weighted by atomic mass is 10.1. The van der Waals surface area contributed by atoms with Gasteiger partial charge in [-0.25, -0.2) is 4.68 Å². The molecule has 0 atom stereocenters. The van der Waals surface area contributed by atoms with E-state index in [0.717, 1.165) is 16.9 Å². The first kappa shape index (κ1) is 21.2. The summed E-state index contributed by atoms with van der Waals surface area (Å²) in [6.45, 7) is 4.86. The lowest BCUT2D eigenvalue weighted by Gasteiger charge is -2.13. The molecule has 0 unspecified atom stereocenters. The van der Waals surface area contributed by atoms with Crippen molar-refractivity contribution in [1.29, 1.82) is 0 Å². The molecule has 0 saturated carbocycles. The van der Waals surface area contributed by atoms with Crippen molar-refractivity contribution in [3.8, 4) is 28.4 Å². The summed E-state index contributed by atoms with van der Waals surface area (Å²) in [5, 5.41) is 7.68. The molecule has 0 bridgehead atoms. The predicted molar refractivity (Wildman–Crippen MR) is 126 cm³/mol. The van der Waals surface area contributed by atoms with Crippen LogP contribution in [0.2, 0.25) is 0 Å². The molecule has 3 aromatic carbocycles. The zero-order chi connectivity index (χ0) is 22.3. The molecule has 0 aliphatic carbocycles. The van der Waals surface area contributed by atoms with Crippen LogP contribution < -0.4 is 14.8 Å². The number of hydrogen-bond donors (Lipinski definition) is 1. The Balaban J connectivity index is 1.69. The van der Waals surface area contributed by atoms with Crippen LogP contribution >= 0.6 is 0 Å².